The highest BCUT2D eigenvalue weighted by molar-refractivity contribution is 5.04. The highest BCUT2D eigenvalue weighted by atomic mass is 16.5. The van der Waals surface area contributed by atoms with Gasteiger partial charge in [0.25, 0.3) is 0 Å². The first-order chi connectivity index (χ1) is 7.62. The lowest BCUT2D eigenvalue weighted by atomic mass is 9.61. The molecule has 0 aromatic heterocycles. The smallest absolute Gasteiger partial charge is 0.0762 e. The van der Waals surface area contributed by atoms with Crippen LogP contribution in [0.3, 0.4) is 0 Å². The van der Waals surface area contributed by atoms with Crippen molar-refractivity contribution >= 4 is 0 Å². The van der Waals surface area contributed by atoms with Crippen LogP contribution in [-0.4, -0.2) is 23.9 Å². The van der Waals surface area contributed by atoms with Gasteiger partial charge in [0.15, 0.2) is 0 Å². The van der Waals surface area contributed by atoms with Gasteiger partial charge in [0.05, 0.1) is 5.60 Å². The molecule has 96 valence electrons. The Balaban J connectivity index is 3.00. The molecule has 1 aliphatic heterocycles. The van der Waals surface area contributed by atoms with E-state index in [2.05, 4.69) is 27.7 Å². The fourth-order valence-electron chi connectivity index (χ4n) is 3.91. The van der Waals surface area contributed by atoms with Gasteiger partial charge in [-0.2, -0.15) is 0 Å². The summed E-state index contributed by atoms with van der Waals surface area (Å²) in [6, 6.07) is 0. The van der Waals surface area contributed by atoms with Gasteiger partial charge < -0.3 is 9.84 Å². The Bertz CT molecular complexity index is 211. The molecule has 0 amide bonds. The number of aliphatic hydroxyl groups excluding tert-OH is 1. The zero-order valence-corrected chi connectivity index (χ0v) is 11.4. The largest absolute Gasteiger partial charge is 0.396 e. The van der Waals surface area contributed by atoms with E-state index in [4.69, 9.17) is 9.84 Å². The van der Waals surface area contributed by atoms with Gasteiger partial charge in [-0.05, 0) is 38.0 Å². The highest BCUT2D eigenvalue weighted by Crippen LogP contribution is 2.54. The monoisotopic (exact) mass is 228 g/mol. The molecule has 1 rings (SSSR count). The van der Waals surface area contributed by atoms with E-state index in [1.54, 1.807) is 0 Å². The molecule has 2 atom stereocenters. The standard InChI is InChI=1S/C14H28O2/c1-5-13(6-2)9-11-16-14(13,7-3)12(4)8-10-15/h12,15H,5-11H2,1-4H3. The van der Waals surface area contributed by atoms with Crippen molar-refractivity contribution in [1.82, 2.24) is 0 Å². The molecule has 1 heterocycles. The molecule has 0 aromatic rings. The zero-order valence-electron chi connectivity index (χ0n) is 11.4. The van der Waals surface area contributed by atoms with E-state index in [0.717, 1.165) is 19.4 Å². The normalized spacial score (nSPS) is 30.6. The van der Waals surface area contributed by atoms with Crippen molar-refractivity contribution in [1.29, 1.82) is 0 Å². The summed E-state index contributed by atoms with van der Waals surface area (Å²) in [6.07, 6.45) is 5.48. The first-order valence-electron chi connectivity index (χ1n) is 6.87. The maximum Gasteiger partial charge on any atom is 0.0762 e. The van der Waals surface area contributed by atoms with Crippen molar-refractivity contribution in [2.45, 2.75) is 65.4 Å². The fourth-order valence-corrected chi connectivity index (χ4v) is 3.91. The Labute approximate surface area is 100 Å². The summed E-state index contributed by atoms with van der Waals surface area (Å²) < 4.78 is 6.19. The Morgan fingerprint density at radius 2 is 1.81 bits per heavy atom. The number of ether oxygens (including phenoxy) is 1. The summed E-state index contributed by atoms with van der Waals surface area (Å²) >= 11 is 0. The second-order valence-electron chi connectivity index (χ2n) is 5.24. The third-order valence-corrected chi connectivity index (χ3v) is 5.07. The zero-order chi connectivity index (χ0) is 12.2. The third kappa shape index (κ3) is 1.91. The Morgan fingerprint density at radius 3 is 2.25 bits per heavy atom. The lowest BCUT2D eigenvalue weighted by Crippen LogP contribution is -2.49. The molecule has 1 N–H and O–H groups in total. The van der Waals surface area contributed by atoms with Crippen molar-refractivity contribution in [2.24, 2.45) is 11.3 Å². The van der Waals surface area contributed by atoms with Gasteiger partial charge in [-0.3, -0.25) is 0 Å². The second kappa shape index (κ2) is 5.50. The molecule has 0 aliphatic carbocycles. The maximum absolute atomic E-state index is 9.17. The molecule has 0 aromatic carbocycles. The van der Waals surface area contributed by atoms with Crippen LogP contribution in [0.5, 0.6) is 0 Å². The molecule has 1 aliphatic rings. The number of aliphatic hydroxyl groups is 1. The molecule has 0 radical (unpaired) electrons. The van der Waals surface area contributed by atoms with Crippen molar-refractivity contribution in [2.75, 3.05) is 13.2 Å². The van der Waals surface area contributed by atoms with Gasteiger partial charge in [-0.15, -0.1) is 0 Å². The predicted molar refractivity (Wildman–Crippen MR) is 67.5 cm³/mol. The van der Waals surface area contributed by atoms with Crippen LogP contribution in [0, 0.1) is 11.3 Å². The van der Waals surface area contributed by atoms with E-state index < -0.39 is 0 Å². The van der Waals surface area contributed by atoms with Gasteiger partial charge in [-0.1, -0.05) is 27.7 Å². The first-order valence-corrected chi connectivity index (χ1v) is 6.87. The molecule has 0 spiro atoms. The van der Waals surface area contributed by atoms with E-state index in [0.29, 0.717) is 11.3 Å². The molecule has 2 unspecified atom stereocenters. The van der Waals surface area contributed by atoms with Crippen molar-refractivity contribution in [3.05, 3.63) is 0 Å². The van der Waals surface area contributed by atoms with Crippen LogP contribution in [0.1, 0.15) is 59.8 Å². The van der Waals surface area contributed by atoms with Crippen molar-refractivity contribution in [3.63, 3.8) is 0 Å². The van der Waals surface area contributed by atoms with Crippen LogP contribution in [0.2, 0.25) is 0 Å². The maximum atomic E-state index is 9.17. The topological polar surface area (TPSA) is 29.5 Å². The summed E-state index contributed by atoms with van der Waals surface area (Å²) in [4.78, 5) is 0. The van der Waals surface area contributed by atoms with Gasteiger partial charge in [0.1, 0.15) is 0 Å². The van der Waals surface area contributed by atoms with Gasteiger partial charge in [0.2, 0.25) is 0 Å². The Kier molecular flexibility index (Phi) is 4.81. The number of hydrogen-bond acceptors (Lipinski definition) is 2. The van der Waals surface area contributed by atoms with Crippen LogP contribution in [0.4, 0.5) is 0 Å². The van der Waals surface area contributed by atoms with Crippen LogP contribution in [0.15, 0.2) is 0 Å². The molecule has 1 saturated heterocycles. The minimum atomic E-state index is -0.000764. The fraction of sp³-hybridized carbons (Fsp3) is 1.00. The number of hydrogen-bond donors (Lipinski definition) is 1. The molecular formula is C14H28O2. The number of rotatable bonds is 6. The summed E-state index contributed by atoms with van der Waals surface area (Å²) in [5.41, 5.74) is 0.329. The second-order valence-corrected chi connectivity index (χ2v) is 5.24. The Hall–Kier alpha value is -0.0800. The van der Waals surface area contributed by atoms with Gasteiger partial charge in [0, 0.05) is 18.6 Å². The van der Waals surface area contributed by atoms with Gasteiger partial charge in [-0.25, -0.2) is 0 Å². The average Bonchev–Trinajstić information content (AvgIpc) is 2.69. The van der Waals surface area contributed by atoms with Crippen LogP contribution >= 0.6 is 0 Å². The van der Waals surface area contributed by atoms with Crippen LogP contribution < -0.4 is 0 Å². The van der Waals surface area contributed by atoms with E-state index in [1.165, 1.54) is 19.3 Å². The SMILES string of the molecule is CCC1(CC)CCOC1(CC)C(C)CCO. The van der Waals surface area contributed by atoms with Gasteiger partial charge >= 0.3 is 0 Å². The molecule has 16 heavy (non-hydrogen) atoms. The molecule has 2 heteroatoms. The summed E-state index contributed by atoms with van der Waals surface area (Å²) in [6.45, 7) is 10.2. The molecule has 0 saturated carbocycles. The highest BCUT2D eigenvalue weighted by Gasteiger charge is 2.55. The first kappa shape index (κ1) is 14.0. The average molecular weight is 228 g/mol. The molecule has 0 bridgehead atoms. The lowest BCUT2D eigenvalue weighted by molar-refractivity contribution is -0.114. The van der Waals surface area contributed by atoms with Crippen LogP contribution in [-0.2, 0) is 4.74 Å². The van der Waals surface area contributed by atoms with Crippen molar-refractivity contribution in [3.8, 4) is 0 Å². The minimum absolute atomic E-state index is 0.000764. The van der Waals surface area contributed by atoms with E-state index >= 15 is 0 Å². The summed E-state index contributed by atoms with van der Waals surface area (Å²) in [5, 5.41) is 9.17. The van der Waals surface area contributed by atoms with Crippen molar-refractivity contribution < 1.29 is 9.84 Å². The van der Waals surface area contributed by atoms with E-state index in [-0.39, 0.29) is 12.2 Å². The summed E-state index contributed by atoms with van der Waals surface area (Å²) in [7, 11) is 0. The quantitative estimate of drug-likeness (QED) is 0.755. The molecule has 1 fully saturated rings. The Morgan fingerprint density at radius 1 is 1.19 bits per heavy atom. The van der Waals surface area contributed by atoms with E-state index in [1.807, 2.05) is 0 Å². The lowest BCUT2D eigenvalue weighted by Gasteiger charge is -2.47. The molecular weight excluding hydrogens is 200 g/mol. The molecule has 2 nitrogen and oxygen atoms in total. The predicted octanol–water partition coefficient (Wildman–Crippen LogP) is 3.38. The minimum Gasteiger partial charge on any atom is -0.396 e. The third-order valence-electron chi connectivity index (χ3n) is 5.07. The summed E-state index contributed by atoms with van der Waals surface area (Å²) in [5.74, 6) is 0.449. The van der Waals surface area contributed by atoms with E-state index in [9.17, 15) is 0 Å². The van der Waals surface area contributed by atoms with Crippen LogP contribution in [0.25, 0.3) is 0 Å².